The van der Waals surface area contributed by atoms with Crippen LogP contribution in [0.1, 0.15) is 5.56 Å². The highest BCUT2D eigenvalue weighted by atomic mass is 14.9. The van der Waals surface area contributed by atoms with Crippen LogP contribution in [-0.4, -0.2) is 26.2 Å². The highest BCUT2D eigenvalue weighted by Gasteiger charge is 1.98. The Labute approximate surface area is 108 Å². The van der Waals surface area contributed by atoms with Crippen LogP contribution >= 0.6 is 0 Å². The summed E-state index contributed by atoms with van der Waals surface area (Å²) in [6.45, 7) is 4.41. The van der Waals surface area contributed by atoms with Crippen molar-refractivity contribution in [3.05, 3.63) is 48.0 Å². The van der Waals surface area contributed by atoms with Gasteiger partial charge in [0, 0.05) is 32.7 Å². The zero-order chi connectivity index (χ0) is 12.6. The third-order valence-electron chi connectivity index (χ3n) is 3.00. The van der Waals surface area contributed by atoms with Gasteiger partial charge in [0.05, 0.1) is 0 Å². The molecule has 0 saturated heterocycles. The maximum atomic E-state index is 5.41. The second-order valence-electron chi connectivity index (χ2n) is 4.35. The maximum Gasteiger partial charge on any atom is 0.0212 e. The molecule has 96 valence electrons. The number of benzene rings is 2. The van der Waals surface area contributed by atoms with Crippen LogP contribution < -0.4 is 16.4 Å². The molecule has 0 spiro atoms. The summed E-state index contributed by atoms with van der Waals surface area (Å²) in [5.41, 5.74) is 6.77. The number of hydrogen-bond donors (Lipinski definition) is 3. The van der Waals surface area contributed by atoms with Crippen LogP contribution in [0, 0.1) is 0 Å². The molecule has 0 saturated carbocycles. The molecule has 0 unspecified atom stereocenters. The van der Waals surface area contributed by atoms with Gasteiger partial charge in [-0.25, -0.2) is 0 Å². The first kappa shape index (κ1) is 13.0. The van der Waals surface area contributed by atoms with Crippen molar-refractivity contribution < 1.29 is 0 Å². The Morgan fingerprint density at radius 2 is 1.61 bits per heavy atom. The van der Waals surface area contributed by atoms with E-state index >= 15 is 0 Å². The molecule has 3 heteroatoms. The summed E-state index contributed by atoms with van der Waals surface area (Å²) in [7, 11) is 0. The van der Waals surface area contributed by atoms with E-state index in [4.69, 9.17) is 5.73 Å². The SMILES string of the molecule is NCCNCCNCc1cccc2ccccc12. The molecule has 4 N–H and O–H groups in total. The van der Waals surface area contributed by atoms with E-state index in [0.717, 1.165) is 26.2 Å². The Morgan fingerprint density at radius 3 is 2.50 bits per heavy atom. The van der Waals surface area contributed by atoms with Crippen molar-refractivity contribution in [1.82, 2.24) is 10.6 Å². The third-order valence-corrected chi connectivity index (χ3v) is 3.00. The van der Waals surface area contributed by atoms with Crippen LogP contribution in [-0.2, 0) is 6.54 Å². The third kappa shape index (κ3) is 3.53. The van der Waals surface area contributed by atoms with Crippen molar-refractivity contribution in [3.8, 4) is 0 Å². The van der Waals surface area contributed by atoms with E-state index in [1.54, 1.807) is 0 Å². The van der Waals surface area contributed by atoms with Gasteiger partial charge >= 0.3 is 0 Å². The van der Waals surface area contributed by atoms with Crippen molar-refractivity contribution >= 4 is 10.8 Å². The maximum absolute atomic E-state index is 5.41. The van der Waals surface area contributed by atoms with Crippen molar-refractivity contribution in [1.29, 1.82) is 0 Å². The van der Waals surface area contributed by atoms with E-state index in [-0.39, 0.29) is 0 Å². The Hall–Kier alpha value is -1.42. The topological polar surface area (TPSA) is 50.1 Å². The van der Waals surface area contributed by atoms with Crippen molar-refractivity contribution in [2.24, 2.45) is 5.73 Å². The molecule has 2 aromatic carbocycles. The Kier molecular flexibility index (Phi) is 5.15. The fourth-order valence-electron chi connectivity index (χ4n) is 2.07. The van der Waals surface area contributed by atoms with Gasteiger partial charge in [0.15, 0.2) is 0 Å². The van der Waals surface area contributed by atoms with E-state index in [9.17, 15) is 0 Å². The van der Waals surface area contributed by atoms with E-state index in [1.165, 1.54) is 16.3 Å². The van der Waals surface area contributed by atoms with Crippen LogP contribution in [0.4, 0.5) is 0 Å². The summed E-state index contributed by atoms with van der Waals surface area (Å²) in [4.78, 5) is 0. The van der Waals surface area contributed by atoms with Crippen LogP contribution in [0.25, 0.3) is 10.8 Å². The van der Waals surface area contributed by atoms with Gasteiger partial charge in [0.25, 0.3) is 0 Å². The fourth-order valence-corrected chi connectivity index (χ4v) is 2.07. The predicted octanol–water partition coefficient (Wildman–Crippen LogP) is 1.48. The van der Waals surface area contributed by atoms with Gasteiger partial charge < -0.3 is 16.4 Å². The number of rotatable bonds is 7. The van der Waals surface area contributed by atoms with Crippen molar-refractivity contribution in [2.75, 3.05) is 26.2 Å². The Morgan fingerprint density at radius 1 is 0.833 bits per heavy atom. The molecule has 0 aliphatic heterocycles. The molecule has 0 aromatic heterocycles. The lowest BCUT2D eigenvalue weighted by Crippen LogP contribution is -2.30. The molecule has 0 amide bonds. The minimum atomic E-state index is 0.698. The molecule has 0 aliphatic carbocycles. The van der Waals surface area contributed by atoms with E-state index in [1.807, 2.05) is 0 Å². The average Bonchev–Trinajstić information content (AvgIpc) is 2.43. The molecule has 2 rings (SSSR count). The minimum absolute atomic E-state index is 0.698. The molecule has 0 heterocycles. The lowest BCUT2D eigenvalue weighted by Gasteiger charge is -2.08. The quantitative estimate of drug-likeness (QED) is 0.646. The molecule has 2 aromatic rings. The first-order valence-corrected chi connectivity index (χ1v) is 6.50. The number of fused-ring (bicyclic) bond motifs is 1. The molecule has 0 atom stereocenters. The van der Waals surface area contributed by atoms with Crippen molar-refractivity contribution in [2.45, 2.75) is 6.54 Å². The second kappa shape index (κ2) is 7.11. The van der Waals surface area contributed by atoms with Gasteiger partial charge in [-0.1, -0.05) is 42.5 Å². The smallest absolute Gasteiger partial charge is 0.0212 e. The molecule has 0 aliphatic rings. The normalized spacial score (nSPS) is 10.9. The summed E-state index contributed by atoms with van der Waals surface area (Å²) in [6.07, 6.45) is 0. The van der Waals surface area contributed by atoms with Crippen LogP contribution in [0.5, 0.6) is 0 Å². The summed E-state index contributed by atoms with van der Waals surface area (Å²) in [6, 6.07) is 15.0. The fraction of sp³-hybridized carbons (Fsp3) is 0.333. The monoisotopic (exact) mass is 243 g/mol. The zero-order valence-corrected chi connectivity index (χ0v) is 10.7. The van der Waals surface area contributed by atoms with Gasteiger partial charge in [-0.3, -0.25) is 0 Å². The first-order chi connectivity index (χ1) is 8.92. The van der Waals surface area contributed by atoms with E-state index < -0.39 is 0 Å². The number of hydrogen-bond acceptors (Lipinski definition) is 3. The lowest BCUT2D eigenvalue weighted by atomic mass is 10.0. The standard InChI is InChI=1S/C15H21N3/c16-8-9-17-10-11-18-12-14-6-3-5-13-4-1-2-7-15(13)14/h1-7,17-18H,8-12,16H2. The Balaban J connectivity index is 1.88. The number of nitrogens with two attached hydrogens (primary N) is 1. The highest BCUT2D eigenvalue weighted by molar-refractivity contribution is 5.85. The van der Waals surface area contributed by atoms with E-state index in [2.05, 4.69) is 53.1 Å². The minimum Gasteiger partial charge on any atom is -0.329 e. The molecule has 0 fully saturated rings. The summed E-state index contributed by atoms with van der Waals surface area (Å²) in [5.74, 6) is 0. The van der Waals surface area contributed by atoms with Crippen LogP contribution in [0.15, 0.2) is 42.5 Å². The summed E-state index contributed by atoms with van der Waals surface area (Å²) >= 11 is 0. The summed E-state index contributed by atoms with van der Waals surface area (Å²) < 4.78 is 0. The molecular weight excluding hydrogens is 222 g/mol. The van der Waals surface area contributed by atoms with Gasteiger partial charge in [0.2, 0.25) is 0 Å². The molecule has 18 heavy (non-hydrogen) atoms. The first-order valence-electron chi connectivity index (χ1n) is 6.50. The molecule has 0 radical (unpaired) electrons. The van der Waals surface area contributed by atoms with Gasteiger partial charge in [0.1, 0.15) is 0 Å². The average molecular weight is 243 g/mol. The van der Waals surface area contributed by atoms with Crippen LogP contribution in [0.3, 0.4) is 0 Å². The second-order valence-corrected chi connectivity index (χ2v) is 4.35. The van der Waals surface area contributed by atoms with E-state index in [0.29, 0.717) is 6.54 Å². The zero-order valence-electron chi connectivity index (χ0n) is 10.7. The van der Waals surface area contributed by atoms with Crippen molar-refractivity contribution in [3.63, 3.8) is 0 Å². The lowest BCUT2D eigenvalue weighted by molar-refractivity contribution is 0.616. The highest BCUT2D eigenvalue weighted by Crippen LogP contribution is 2.17. The molecule has 3 nitrogen and oxygen atoms in total. The predicted molar refractivity (Wildman–Crippen MR) is 77.6 cm³/mol. The van der Waals surface area contributed by atoms with Crippen LogP contribution in [0.2, 0.25) is 0 Å². The van der Waals surface area contributed by atoms with Gasteiger partial charge in [-0.15, -0.1) is 0 Å². The molecule has 0 bridgehead atoms. The summed E-state index contributed by atoms with van der Waals surface area (Å²) in [5, 5.41) is 9.36. The number of nitrogens with one attached hydrogen (secondary N) is 2. The Bertz CT molecular complexity index is 477. The van der Waals surface area contributed by atoms with Gasteiger partial charge in [-0.05, 0) is 16.3 Å². The molecular formula is C15H21N3. The van der Waals surface area contributed by atoms with Gasteiger partial charge in [-0.2, -0.15) is 0 Å². The largest absolute Gasteiger partial charge is 0.329 e.